The number of pyridine rings is 1. The predicted molar refractivity (Wildman–Crippen MR) is 88.6 cm³/mol. The van der Waals surface area contributed by atoms with Crippen molar-refractivity contribution in [1.82, 2.24) is 4.98 Å². The van der Waals surface area contributed by atoms with E-state index in [1.54, 1.807) is 0 Å². The van der Waals surface area contributed by atoms with Gasteiger partial charge in [0.15, 0.2) is 0 Å². The number of rotatable bonds is 6. The van der Waals surface area contributed by atoms with Crippen LogP contribution in [0.1, 0.15) is 32.8 Å². The molecule has 1 unspecified atom stereocenters. The quantitative estimate of drug-likeness (QED) is 0.707. The topological polar surface area (TPSA) is 16.1 Å². The molecule has 3 heteroatoms. The molecule has 0 bridgehead atoms. The minimum Gasteiger partial charge on any atom is -0.357 e. The molecule has 1 atom stereocenters. The van der Waals surface area contributed by atoms with Crippen LogP contribution in [0, 0.1) is 5.92 Å². The molecule has 2 aromatic rings. The molecule has 1 heterocycles. The van der Waals surface area contributed by atoms with Gasteiger partial charge in [-0.25, -0.2) is 4.98 Å². The van der Waals surface area contributed by atoms with Crippen LogP contribution in [0.2, 0.25) is 0 Å². The molecule has 0 saturated carbocycles. The Morgan fingerprint density at radius 2 is 2.00 bits per heavy atom. The van der Waals surface area contributed by atoms with Crippen LogP contribution in [0.15, 0.2) is 30.3 Å². The second kappa shape index (κ2) is 6.94. The number of fused-ring (bicyclic) bond motifs is 1. The van der Waals surface area contributed by atoms with E-state index in [1.165, 1.54) is 6.42 Å². The fourth-order valence-corrected chi connectivity index (χ4v) is 2.62. The summed E-state index contributed by atoms with van der Waals surface area (Å²) in [5.74, 6) is 2.24. The normalized spacial score (nSPS) is 12.6. The van der Waals surface area contributed by atoms with Gasteiger partial charge in [-0.2, -0.15) is 0 Å². The molecule has 0 aliphatic heterocycles. The third-order valence-electron chi connectivity index (χ3n) is 3.87. The smallest absolute Gasteiger partial charge is 0.129 e. The average Bonchev–Trinajstić information content (AvgIpc) is 2.51. The molecular weight excluding hydrogens is 268 g/mol. The zero-order valence-electron chi connectivity index (χ0n) is 12.6. The Bertz CT molecular complexity index is 568. The summed E-state index contributed by atoms with van der Waals surface area (Å²) in [6.07, 6.45) is 1.19. The first kappa shape index (κ1) is 15.1. The number of benzene rings is 1. The summed E-state index contributed by atoms with van der Waals surface area (Å²) in [7, 11) is 0. The highest BCUT2D eigenvalue weighted by molar-refractivity contribution is 6.18. The molecule has 0 aliphatic rings. The van der Waals surface area contributed by atoms with Gasteiger partial charge >= 0.3 is 0 Å². The van der Waals surface area contributed by atoms with Crippen LogP contribution in [0.25, 0.3) is 10.9 Å². The molecule has 108 valence electrons. The summed E-state index contributed by atoms with van der Waals surface area (Å²) < 4.78 is 0. The number of hydrogen-bond donors (Lipinski definition) is 0. The highest BCUT2D eigenvalue weighted by atomic mass is 35.5. The lowest BCUT2D eigenvalue weighted by Gasteiger charge is -2.26. The Hall–Kier alpha value is -1.28. The van der Waals surface area contributed by atoms with Crippen molar-refractivity contribution in [1.29, 1.82) is 0 Å². The molecule has 0 aliphatic carbocycles. The summed E-state index contributed by atoms with van der Waals surface area (Å²) >= 11 is 6.11. The van der Waals surface area contributed by atoms with Crippen molar-refractivity contribution in [3.05, 3.63) is 35.9 Å². The van der Waals surface area contributed by atoms with Crippen molar-refractivity contribution in [2.24, 2.45) is 5.92 Å². The number of anilines is 1. The van der Waals surface area contributed by atoms with Gasteiger partial charge in [-0.3, -0.25) is 0 Å². The van der Waals surface area contributed by atoms with E-state index in [9.17, 15) is 0 Å². The summed E-state index contributed by atoms with van der Waals surface area (Å²) in [5, 5.41) is 1.16. The zero-order valence-corrected chi connectivity index (χ0v) is 13.3. The molecule has 2 rings (SSSR count). The van der Waals surface area contributed by atoms with E-state index < -0.39 is 0 Å². The third kappa shape index (κ3) is 3.24. The van der Waals surface area contributed by atoms with Crippen molar-refractivity contribution in [2.75, 3.05) is 18.0 Å². The largest absolute Gasteiger partial charge is 0.357 e. The minimum absolute atomic E-state index is 0.525. The van der Waals surface area contributed by atoms with Crippen LogP contribution in [0.4, 0.5) is 5.82 Å². The average molecular weight is 291 g/mol. The van der Waals surface area contributed by atoms with Crippen molar-refractivity contribution < 1.29 is 0 Å². The van der Waals surface area contributed by atoms with Gasteiger partial charge in [0.2, 0.25) is 0 Å². The number of alkyl halides is 1. The second-order valence-corrected chi connectivity index (χ2v) is 5.61. The summed E-state index contributed by atoms with van der Waals surface area (Å²) in [6.45, 7) is 8.71. The van der Waals surface area contributed by atoms with E-state index in [0.717, 1.165) is 35.4 Å². The first-order valence-corrected chi connectivity index (χ1v) is 7.92. The summed E-state index contributed by atoms with van der Waals surface area (Å²) in [5.41, 5.74) is 2.19. The van der Waals surface area contributed by atoms with Crippen molar-refractivity contribution in [3.8, 4) is 0 Å². The standard InChI is InChI=1S/C17H23ClN2/c1-4-13(3)12-20(5-2)17-10-14(11-18)15-8-6-7-9-16(15)19-17/h6-10,13H,4-5,11-12H2,1-3H3. The predicted octanol–water partition coefficient (Wildman–Crippen LogP) is 4.85. The van der Waals surface area contributed by atoms with Gasteiger partial charge < -0.3 is 4.90 Å². The van der Waals surface area contributed by atoms with E-state index in [2.05, 4.69) is 43.9 Å². The number of nitrogens with zero attached hydrogens (tertiary/aromatic N) is 2. The lowest BCUT2D eigenvalue weighted by molar-refractivity contribution is 0.546. The van der Waals surface area contributed by atoms with Crippen LogP contribution < -0.4 is 4.90 Å². The molecular formula is C17H23ClN2. The minimum atomic E-state index is 0.525. The second-order valence-electron chi connectivity index (χ2n) is 5.34. The molecule has 0 radical (unpaired) electrons. The first-order chi connectivity index (χ1) is 9.69. The van der Waals surface area contributed by atoms with E-state index in [4.69, 9.17) is 16.6 Å². The molecule has 20 heavy (non-hydrogen) atoms. The van der Waals surface area contributed by atoms with E-state index in [-0.39, 0.29) is 0 Å². The lowest BCUT2D eigenvalue weighted by Crippen LogP contribution is -2.29. The number of para-hydroxylation sites is 1. The number of aromatic nitrogens is 1. The molecule has 1 aromatic heterocycles. The lowest BCUT2D eigenvalue weighted by atomic mass is 10.1. The summed E-state index contributed by atoms with van der Waals surface area (Å²) in [6, 6.07) is 10.4. The van der Waals surface area contributed by atoms with E-state index >= 15 is 0 Å². The SMILES string of the molecule is CCC(C)CN(CC)c1cc(CCl)c2ccccc2n1. The molecule has 1 aromatic carbocycles. The van der Waals surface area contributed by atoms with Gasteiger partial charge in [0.25, 0.3) is 0 Å². The zero-order chi connectivity index (χ0) is 14.5. The van der Waals surface area contributed by atoms with E-state index in [0.29, 0.717) is 11.8 Å². The molecule has 0 fully saturated rings. The van der Waals surface area contributed by atoms with Crippen LogP contribution in [-0.4, -0.2) is 18.1 Å². The van der Waals surface area contributed by atoms with Gasteiger partial charge in [0.05, 0.1) is 5.52 Å². The maximum absolute atomic E-state index is 6.11. The van der Waals surface area contributed by atoms with Crippen molar-refractivity contribution >= 4 is 28.3 Å². The highest BCUT2D eigenvalue weighted by Gasteiger charge is 2.12. The maximum atomic E-state index is 6.11. The molecule has 0 saturated heterocycles. The Morgan fingerprint density at radius 1 is 1.25 bits per heavy atom. The fraction of sp³-hybridized carbons (Fsp3) is 0.471. The van der Waals surface area contributed by atoms with Crippen LogP contribution in [0.3, 0.4) is 0 Å². The molecule has 0 amide bonds. The monoisotopic (exact) mass is 290 g/mol. The van der Waals surface area contributed by atoms with Crippen LogP contribution in [-0.2, 0) is 5.88 Å². The van der Waals surface area contributed by atoms with Crippen LogP contribution >= 0.6 is 11.6 Å². The van der Waals surface area contributed by atoms with Gasteiger partial charge in [0.1, 0.15) is 5.82 Å². The Kier molecular flexibility index (Phi) is 5.24. The van der Waals surface area contributed by atoms with Gasteiger partial charge in [0, 0.05) is 24.4 Å². The van der Waals surface area contributed by atoms with Gasteiger partial charge in [-0.1, -0.05) is 38.5 Å². The Morgan fingerprint density at radius 3 is 2.65 bits per heavy atom. The Labute approximate surface area is 126 Å². The fourth-order valence-electron chi connectivity index (χ4n) is 2.39. The molecule has 2 nitrogen and oxygen atoms in total. The Balaban J connectivity index is 2.42. The highest BCUT2D eigenvalue weighted by Crippen LogP contribution is 2.25. The summed E-state index contributed by atoms with van der Waals surface area (Å²) in [4.78, 5) is 7.15. The first-order valence-electron chi connectivity index (χ1n) is 7.39. The molecule has 0 N–H and O–H groups in total. The van der Waals surface area contributed by atoms with Crippen molar-refractivity contribution in [3.63, 3.8) is 0 Å². The maximum Gasteiger partial charge on any atom is 0.129 e. The number of halogens is 1. The van der Waals surface area contributed by atoms with Gasteiger partial charge in [-0.15, -0.1) is 11.6 Å². The van der Waals surface area contributed by atoms with Crippen molar-refractivity contribution in [2.45, 2.75) is 33.1 Å². The van der Waals surface area contributed by atoms with Crippen LogP contribution in [0.5, 0.6) is 0 Å². The van der Waals surface area contributed by atoms with Gasteiger partial charge in [-0.05, 0) is 30.5 Å². The third-order valence-corrected chi connectivity index (χ3v) is 4.15. The number of hydrogen-bond acceptors (Lipinski definition) is 2. The van der Waals surface area contributed by atoms with E-state index in [1.807, 2.05) is 12.1 Å². The molecule has 0 spiro atoms.